The van der Waals surface area contributed by atoms with Crippen LogP contribution in [-0.2, 0) is 11.3 Å². The molecule has 160 valence electrons. The zero-order chi connectivity index (χ0) is 18.9. The van der Waals surface area contributed by atoms with Crippen molar-refractivity contribution < 1.29 is 9.26 Å². The molecule has 9 heteroatoms. The highest BCUT2D eigenvalue weighted by atomic mass is 127. The van der Waals surface area contributed by atoms with Gasteiger partial charge in [-0.15, -0.1) is 24.0 Å². The van der Waals surface area contributed by atoms with Crippen molar-refractivity contribution in [3.05, 3.63) is 18.0 Å². The third-order valence-electron chi connectivity index (χ3n) is 5.11. The highest BCUT2D eigenvalue weighted by Crippen LogP contribution is 2.09. The van der Waals surface area contributed by atoms with Crippen LogP contribution in [-0.4, -0.2) is 97.9 Å². The van der Waals surface area contributed by atoms with Gasteiger partial charge < -0.3 is 19.5 Å². The summed E-state index contributed by atoms with van der Waals surface area (Å²) in [5, 5.41) is 7.48. The molecule has 28 heavy (non-hydrogen) atoms. The van der Waals surface area contributed by atoms with Crippen LogP contribution in [0.1, 0.15) is 19.5 Å². The van der Waals surface area contributed by atoms with Crippen molar-refractivity contribution in [1.82, 2.24) is 25.2 Å². The lowest BCUT2D eigenvalue weighted by atomic mass is 10.1. The number of morpholine rings is 1. The monoisotopic (exact) mass is 506 g/mol. The van der Waals surface area contributed by atoms with E-state index in [4.69, 9.17) is 14.3 Å². The van der Waals surface area contributed by atoms with Crippen molar-refractivity contribution in [1.29, 1.82) is 0 Å². The van der Waals surface area contributed by atoms with E-state index in [1.165, 1.54) is 0 Å². The number of halogens is 1. The molecular formula is C19H35IN6O2. The van der Waals surface area contributed by atoms with Gasteiger partial charge in [0.1, 0.15) is 6.26 Å². The third kappa shape index (κ3) is 7.49. The van der Waals surface area contributed by atoms with Gasteiger partial charge in [0.25, 0.3) is 0 Å². The Morgan fingerprint density at radius 2 is 1.93 bits per heavy atom. The molecule has 0 spiro atoms. The molecule has 1 atom stereocenters. The topological polar surface area (TPSA) is 69.4 Å². The highest BCUT2D eigenvalue weighted by molar-refractivity contribution is 14.0. The molecule has 1 aromatic heterocycles. The van der Waals surface area contributed by atoms with E-state index >= 15 is 0 Å². The summed E-state index contributed by atoms with van der Waals surface area (Å²) in [4.78, 5) is 12.2. The molecule has 0 radical (unpaired) electrons. The number of piperazine rings is 1. The highest BCUT2D eigenvalue weighted by Gasteiger charge is 2.21. The summed E-state index contributed by atoms with van der Waals surface area (Å²) in [6.45, 7) is 15.9. The predicted octanol–water partition coefficient (Wildman–Crippen LogP) is 1.34. The second kappa shape index (κ2) is 12.6. The Hall–Kier alpha value is -0.910. The average Bonchev–Trinajstić information content (AvgIpc) is 3.20. The molecular weight excluding hydrogens is 471 g/mol. The maximum atomic E-state index is 5.43. The fraction of sp³-hybridized carbons (Fsp3) is 0.789. The summed E-state index contributed by atoms with van der Waals surface area (Å²) >= 11 is 0. The van der Waals surface area contributed by atoms with Crippen LogP contribution in [0.3, 0.4) is 0 Å². The molecule has 0 amide bonds. The molecule has 0 aromatic carbocycles. The fourth-order valence-electron chi connectivity index (χ4n) is 3.62. The molecule has 2 fully saturated rings. The van der Waals surface area contributed by atoms with Gasteiger partial charge in [0.05, 0.1) is 18.9 Å². The maximum Gasteiger partial charge on any atom is 0.194 e. The van der Waals surface area contributed by atoms with Gasteiger partial charge in [-0.25, -0.2) is 0 Å². The molecule has 1 N–H and O–H groups in total. The summed E-state index contributed by atoms with van der Waals surface area (Å²) in [6, 6.07) is 1.94. The van der Waals surface area contributed by atoms with E-state index in [1.807, 2.05) is 6.07 Å². The van der Waals surface area contributed by atoms with E-state index in [-0.39, 0.29) is 24.0 Å². The molecule has 2 aliphatic heterocycles. The van der Waals surface area contributed by atoms with Crippen molar-refractivity contribution in [2.24, 2.45) is 10.9 Å². The van der Waals surface area contributed by atoms with Crippen molar-refractivity contribution in [2.75, 3.05) is 72.1 Å². The van der Waals surface area contributed by atoms with E-state index < -0.39 is 0 Å². The number of nitrogens with one attached hydrogen (secondary N) is 1. The number of rotatable bonds is 7. The fourth-order valence-corrected chi connectivity index (χ4v) is 3.62. The van der Waals surface area contributed by atoms with Crippen molar-refractivity contribution in [3.8, 4) is 0 Å². The lowest BCUT2D eigenvalue weighted by molar-refractivity contribution is 0.0323. The Bertz CT molecular complexity index is 557. The third-order valence-corrected chi connectivity index (χ3v) is 5.11. The summed E-state index contributed by atoms with van der Waals surface area (Å²) < 4.78 is 10.4. The molecule has 2 aliphatic rings. The Morgan fingerprint density at radius 1 is 1.18 bits per heavy atom. The molecule has 0 saturated carbocycles. The largest absolute Gasteiger partial charge is 0.379 e. The van der Waals surface area contributed by atoms with E-state index in [0.717, 1.165) is 90.3 Å². The second-order valence-electron chi connectivity index (χ2n) is 7.47. The first kappa shape index (κ1) is 23.4. The molecule has 3 rings (SSSR count). The summed E-state index contributed by atoms with van der Waals surface area (Å²) in [7, 11) is 0. The van der Waals surface area contributed by atoms with Crippen molar-refractivity contribution in [2.45, 2.75) is 20.4 Å². The van der Waals surface area contributed by atoms with Gasteiger partial charge in [-0.1, -0.05) is 12.1 Å². The predicted molar refractivity (Wildman–Crippen MR) is 121 cm³/mol. The minimum Gasteiger partial charge on any atom is -0.379 e. The zero-order valence-electron chi connectivity index (χ0n) is 17.2. The van der Waals surface area contributed by atoms with Gasteiger partial charge in [0.15, 0.2) is 5.96 Å². The Balaban J connectivity index is 0.00000280. The van der Waals surface area contributed by atoms with Crippen LogP contribution >= 0.6 is 24.0 Å². The molecule has 2 saturated heterocycles. The number of aromatic nitrogens is 1. The molecule has 3 heterocycles. The standard InChI is InChI=1S/C19H34N6O2.HI/c1-3-20-19(21-14-17(2)15-24-9-12-26-13-10-24)25-7-5-23(6-8-25)16-18-4-11-27-22-18;/h4,11,17H,3,5-10,12-16H2,1-2H3,(H,20,21);1H. The number of hydrogen-bond donors (Lipinski definition) is 1. The van der Waals surface area contributed by atoms with E-state index in [9.17, 15) is 0 Å². The molecule has 8 nitrogen and oxygen atoms in total. The van der Waals surface area contributed by atoms with Crippen LogP contribution in [0, 0.1) is 5.92 Å². The van der Waals surface area contributed by atoms with Crippen LogP contribution < -0.4 is 5.32 Å². The Kier molecular flexibility index (Phi) is 10.5. The quantitative estimate of drug-likeness (QED) is 0.340. The Morgan fingerprint density at radius 3 is 2.57 bits per heavy atom. The van der Waals surface area contributed by atoms with Crippen molar-refractivity contribution in [3.63, 3.8) is 0 Å². The molecule has 0 bridgehead atoms. The molecule has 0 aliphatic carbocycles. The van der Waals surface area contributed by atoms with Gasteiger partial charge in [-0.05, 0) is 12.8 Å². The first-order chi connectivity index (χ1) is 13.2. The first-order valence-electron chi connectivity index (χ1n) is 10.2. The lowest BCUT2D eigenvalue weighted by Gasteiger charge is -2.36. The number of ether oxygens (including phenoxy) is 1. The number of nitrogens with zero attached hydrogens (tertiary/aromatic N) is 5. The van der Waals surface area contributed by atoms with E-state index in [0.29, 0.717) is 5.92 Å². The minimum atomic E-state index is 0. The SMILES string of the molecule is CCNC(=NCC(C)CN1CCOCC1)N1CCN(Cc2ccon2)CC1.I. The molecule has 1 aromatic rings. The van der Waals surface area contributed by atoms with Gasteiger partial charge >= 0.3 is 0 Å². The Labute approximate surface area is 185 Å². The van der Waals surface area contributed by atoms with Crippen molar-refractivity contribution >= 4 is 29.9 Å². The van der Waals surface area contributed by atoms with E-state index in [1.54, 1.807) is 6.26 Å². The number of hydrogen-bond acceptors (Lipinski definition) is 6. The number of guanidine groups is 1. The van der Waals surface area contributed by atoms with Gasteiger partial charge in [-0.3, -0.25) is 14.8 Å². The van der Waals surface area contributed by atoms with Gasteiger partial charge in [-0.2, -0.15) is 0 Å². The van der Waals surface area contributed by atoms with E-state index in [2.05, 4.69) is 39.0 Å². The normalized spacial score (nSPS) is 20.6. The van der Waals surface area contributed by atoms with Crippen LogP contribution in [0.25, 0.3) is 0 Å². The summed E-state index contributed by atoms with van der Waals surface area (Å²) in [5.74, 6) is 1.60. The minimum absolute atomic E-state index is 0. The summed E-state index contributed by atoms with van der Waals surface area (Å²) in [6.07, 6.45) is 1.64. The zero-order valence-corrected chi connectivity index (χ0v) is 19.5. The van der Waals surface area contributed by atoms with Crippen LogP contribution in [0.15, 0.2) is 21.8 Å². The smallest absolute Gasteiger partial charge is 0.194 e. The maximum absolute atomic E-state index is 5.43. The first-order valence-corrected chi connectivity index (χ1v) is 10.2. The van der Waals surface area contributed by atoms with Crippen LogP contribution in [0.5, 0.6) is 0 Å². The number of aliphatic imine (C=N–C) groups is 1. The van der Waals surface area contributed by atoms with Crippen LogP contribution in [0.4, 0.5) is 0 Å². The summed E-state index contributed by atoms with van der Waals surface area (Å²) in [5.41, 5.74) is 1.00. The van der Waals surface area contributed by atoms with Gasteiger partial charge in [0.2, 0.25) is 0 Å². The lowest BCUT2D eigenvalue weighted by Crippen LogP contribution is -2.52. The average molecular weight is 506 g/mol. The van der Waals surface area contributed by atoms with Gasteiger partial charge in [0, 0.05) is 71.5 Å². The molecule has 1 unspecified atom stereocenters. The second-order valence-corrected chi connectivity index (χ2v) is 7.47. The van der Waals surface area contributed by atoms with Crippen LogP contribution in [0.2, 0.25) is 0 Å².